The molecule has 2 aromatic carbocycles. The number of carbonyl (C=O) groups is 2. The lowest BCUT2D eigenvalue weighted by Crippen LogP contribution is -2.28. The molecule has 0 atom stereocenters. The number of hydrogen-bond acceptors (Lipinski definition) is 3. The molecule has 1 fully saturated rings. The SMILES string of the molecule is O=C(N/C(=C\c1ccc(-c2ccccc2)o1)C(=O)C1CC1)c1ccccc1. The number of rotatable bonds is 6. The molecule has 27 heavy (non-hydrogen) atoms. The fraction of sp³-hybridized carbons (Fsp3) is 0.130. The van der Waals surface area contributed by atoms with Gasteiger partial charge in [-0.05, 0) is 37.1 Å². The first-order valence-corrected chi connectivity index (χ1v) is 8.98. The van der Waals surface area contributed by atoms with Gasteiger partial charge in [-0.1, -0.05) is 48.5 Å². The van der Waals surface area contributed by atoms with Crippen LogP contribution >= 0.6 is 0 Å². The van der Waals surface area contributed by atoms with Crippen LogP contribution in [0.5, 0.6) is 0 Å². The molecule has 0 bridgehead atoms. The lowest BCUT2D eigenvalue weighted by Gasteiger charge is -2.08. The van der Waals surface area contributed by atoms with E-state index in [4.69, 9.17) is 4.42 Å². The van der Waals surface area contributed by atoms with Crippen LogP contribution in [0.4, 0.5) is 0 Å². The molecule has 1 saturated carbocycles. The van der Waals surface area contributed by atoms with Crippen LogP contribution in [0.3, 0.4) is 0 Å². The third-order valence-electron chi connectivity index (χ3n) is 4.47. The number of amides is 1. The highest BCUT2D eigenvalue weighted by Crippen LogP contribution is 2.32. The number of benzene rings is 2. The summed E-state index contributed by atoms with van der Waals surface area (Å²) in [6.07, 6.45) is 3.35. The summed E-state index contributed by atoms with van der Waals surface area (Å²) < 4.78 is 5.86. The molecule has 4 heteroatoms. The summed E-state index contributed by atoms with van der Waals surface area (Å²) >= 11 is 0. The van der Waals surface area contributed by atoms with Crippen molar-refractivity contribution in [1.82, 2.24) is 5.32 Å². The third kappa shape index (κ3) is 4.06. The molecule has 1 aliphatic carbocycles. The van der Waals surface area contributed by atoms with Crippen molar-refractivity contribution in [2.45, 2.75) is 12.8 Å². The highest BCUT2D eigenvalue weighted by atomic mass is 16.3. The molecule has 1 heterocycles. The molecule has 0 aliphatic heterocycles. The minimum absolute atomic E-state index is 0.00382. The summed E-state index contributed by atoms with van der Waals surface area (Å²) in [6.45, 7) is 0. The normalized spacial score (nSPS) is 14.0. The van der Waals surface area contributed by atoms with E-state index in [1.807, 2.05) is 42.5 Å². The van der Waals surface area contributed by atoms with E-state index < -0.39 is 0 Å². The van der Waals surface area contributed by atoms with E-state index in [1.54, 1.807) is 36.4 Å². The molecule has 1 aliphatic rings. The first-order chi connectivity index (χ1) is 13.2. The Balaban J connectivity index is 1.60. The topological polar surface area (TPSA) is 59.3 Å². The molecule has 0 radical (unpaired) electrons. The minimum Gasteiger partial charge on any atom is -0.457 e. The van der Waals surface area contributed by atoms with E-state index in [2.05, 4.69) is 5.32 Å². The Morgan fingerprint density at radius 3 is 2.22 bits per heavy atom. The Kier molecular flexibility index (Phi) is 4.71. The van der Waals surface area contributed by atoms with Crippen LogP contribution in [-0.4, -0.2) is 11.7 Å². The zero-order valence-corrected chi connectivity index (χ0v) is 14.7. The highest BCUT2D eigenvalue weighted by molar-refractivity contribution is 6.07. The molecule has 4 rings (SSSR count). The molecule has 1 aromatic heterocycles. The summed E-state index contributed by atoms with van der Waals surface area (Å²) in [5.74, 6) is 0.902. The van der Waals surface area contributed by atoms with E-state index in [0.717, 1.165) is 24.2 Å². The number of allylic oxidation sites excluding steroid dienone is 1. The lowest BCUT2D eigenvalue weighted by atomic mass is 10.1. The van der Waals surface area contributed by atoms with Crippen LogP contribution in [0.25, 0.3) is 17.4 Å². The molecule has 134 valence electrons. The van der Waals surface area contributed by atoms with E-state index in [-0.39, 0.29) is 23.3 Å². The zero-order valence-electron chi connectivity index (χ0n) is 14.7. The maximum atomic E-state index is 12.6. The van der Waals surface area contributed by atoms with Crippen molar-refractivity contribution in [2.24, 2.45) is 5.92 Å². The standard InChI is InChI=1S/C23H19NO3/c25-22(17-11-12-17)20(24-23(26)18-9-5-2-6-10-18)15-19-13-14-21(27-19)16-7-3-1-4-8-16/h1-10,13-15,17H,11-12H2,(H,24,26)/b20-15-. The van der Waals surface area contributed by atoms with Crippen molar-refractivity contribution in [1.29, 1.82) is 0 Å². The number of Topliss-reactive ketones (excluding diaryl/α,β-unsaturated/α-hetero) is 1. The first-order valence-electron chi connectivity index (χ1n) is 8.98. The molecule has 0 saturated heterocycles. The lowest BCUT2D eigenvalue weighted by molar-refractivity contribution is -0.116. The van der Waals surface area contributed by atoms with Crippen LogP contribution in [0.1, 0.15) is 29.0 Å². The van der Waals surface area contributed by atoms with Crippen LogP contribution in [-0.2, 0) is 4.79 Å². The smallest absolute Gasteiger partial charge is 0.255 e. The number of ketones is 1. The first kappa shape index (κ1) is 17.0. The second-order valence-corrected chi connectivity index (χ2v) is 6.58. The summed E-state index contributed by atoms with van der Waals surface area (Å²) in [5.41, 5.74) is 1.75. The molecule has 3 aromatic rings. The molecular weight excluding hydrogens is 338 g/mol. The van der Waals surface area contributed by atoms with Gasteiger partial charge in [-0.15, -0.1) is 0 Å². The molecule has 4 nitrogen and oxygen atoms in total. The monoisotopic (exact) mass is 357 g/mol. The van der Waals surface area contributed by atoms with Crippen molar-refractivity contribution in [3.8, 4) is 11.3 Å². The molecule has 1 amide bonds. The van der Waals surface area contributed by atoms with Crippen molar-refractivity contribution in [3.05, 3.63) is 89.8 Å². The minimum atomic E-state index is -0.300. The Bertz CT molecular complexity index is 983. The zero-order chi connectivity index (χ0) is 18.6. The number of nitrogens with one attached hydrogen (secondary N) is 1. The predicted molar refractivity (Wildman–Crippen MR) is 104 cm³/mol. The van der Waals surface area contributed by atoms with Crippen molar-refractivity contribution in [2.75, 3.05) is 0 Å². The summed E-state index contributed by atoms with van der Waals surface area (Å²) in [4.78, 5) is 25.1. The van der Waals surface area contributed by atoms with Gasteiger partial charge in [-0.3, -0.25) is 9.59 Å². The molecular formula is C23H19NO3. The van der Waals surface area contributed by atoms with E-state index in [0.29, 0.717) is 11.3 Å². The molecule has 0 unspecified atom stereocenters. The van der Waals surface area contributed by atoms with E-state index >= 15 is 0 Å². The maximum absolute atomic E-state index is 12.6. The fourth-order valence-corrected chi connectivity index (χ4v) is 2.85. The predicted octanol–water partition coefficient (Wildman–Crippen LogP) is 4.70. The Labute approximate surface area is 157 Å². The fourth-order valence-electron chi connectivity index (χ4n) is 2.85. The summed E-state index contributed by atoms with van der Waals surface area (Å²) in [7, 11) is 0. The summed E-state index contributed by atoms with van der Waals surface area (Å²) in [5, 5.41) is 2.76. The number of carbonyl (C=O) groups excluding carboxylic acids is 2. The summed E-state index contributed by atoms with van der Waals surface area (Å²) in [6, 6.07) is 22.3. The van der Waals surface area contributed by atoms with Crippen LogP contribution in [0.2, 0.25) is 0 Å². The Hall–Kier alpha value is -3.40. The van der Waals surface area contributed by atoms with Gasteiger partial charge in [0.15, 0.2) is 5.78 Å². The average molecular weight is 357 g/mol. The largest absolute Gasteiger partial charge is 0.457 e. The van der Waals surface area contributed by atoms with Gasteiger partial charge in [-0.2, -0.15) is 0 Å². The highest BCUT2D eigenvalue weighted by Gasteiger charge is 2.32. The maximum Gasteiger partial charge on any atom is 0.255 e. The number of furan rings is 1. The van der Waals surface area contributed by atoms with E-state index in [1.165, 1.54) is 0 Å². The second-order valence-electron chi connectivity index (χ2n) is 6.58. The third-order valence-corrected chi connectivity index (χ3v) is 4.47. The van der Waals surface area contributed by atoms with Crippen molar-refractivity contribution in [3.63, 3.8) is 0 Å². The molecule has 1 N–H and O–H groups in total. The van der Waals surface area contributed by atoms with Gasteiger partial charge in [-0.25, -0.2) is 0 Å². The van der Waals surface area contributed by atoms with Gasteiger partial charge in [0, 0.05) is 23.1 Å². The van der Waals surface area contributed by atoms with Crippen LogP contribution in [0.15, 0.2) is 82.9 Å². The van der Waals surface area contributed by atoms with Gasteiger partial charge < -0.3 is 9.73 Å². The van der Waals surface area contributed by atoms with E-state index in [9.17, 15) is 9.59 Å². The van der Waals surface area contributed by atoms with Gasteiger partial charge in [0.1, 0.15) is 11.5 Å². The quantitative estimate of drug-likeness (QED) is 0.651. The average Bonchev–Trinajstić information content (AvgIpc) is 3.47. The van der Waals surface area contributed by atoms with Gasteiger partial charge >= 0.3 is 0 Å². The van der Waals surface area contributed by atoms with Crippen LogP contribution in [0, 0.1) is 5.92 Å². The van der Waals surface area contributed by atoms with Crippen molar-refractivity contribution >= 4 is 17.8 Å². The van der Waals surface area contributed by atoms with Gasteiger partial charge in [0.05, 0.1) is 5.70 Å². The second kappa shape index (κ2) is 7.46. The van der Waals surface area contributed by atoms with Crippen LogP contribution < -0.4 is 5.32 Å². The Morgan fingerprint density at radius 1 is 0.889 bits per heavy atom. The Morgan fingerprint density at radius 2 is 1.56 bits per heavy atom. The number of hydrogen-bond donors (Lipinski definition) is 1. The molecule has 0 spiro atoms. The van der Waals surface area contributed by atoms with Gasteiger partial charge in [0.25, 0.3) is 5.91 Å². The van der Waals surface area contributed by atoms with Gasteiger partial charge in [0.2, 0.25) is 0 Å². The van der Waals surface area contributed by atoms with Crippen molar-refractivity contribution < 1.29 is 14.0 Å².